The average Bonchev–Trinajstić information content (AvgIpc) is 2.81. The summed E-state index contributed by atoms with van der Waals surface area (Å²) in [5, 5.41) is 0. The normalized spacial score (nSPS) is 28.3. The summed E-state index contributed by atoms with van der Waals surface area (Å²) < 4.78 is 14.1. The van der Waals surface area contributed by atoms with Crippen molar-refractivity contribution in [3.63, 3.8) is 0 Å². The molecule has 1 saturated heterocycles. The van der Waals surface area contributed by atoms with Crippen molar-refractivity contribution in [1.82, 2.24) is 0 Å². The Morgan fingerprint density at radius 2 is 2.05 bits per heavy atom. The molecule has 1 aliphatic carbocycles. The molecule has 0 aromatic heterocycles. The number of rotatable bonds is 2. The Bertz CT molecular complexity index is 458. The van der Waals surface area contributed by atoms with Gasteiger partial charge in [0, 0.05) is 29.9 Å². The first-order chi connectivity index (χ1) is 9.18. The molecule has 104 valence electrons. The van der Waals surface area contributed by atoms with Gasteiger partial charge in [-0.05, 0) is 44.2 Å². The van der Waals surface area contributed by atoms with Crippen molar-refractivity contribution in [3.8, 4) is 0 Å². The zero-order chi connectivity index (χ0) is 13.4. The maximum absolute atomic E-state index is 14.1. The third kappa shape index (κ3) is 2.25. The first-order valence-electron chi connectivity index (χ1n) is 7.49. The molecule has 1 heterocycles. The summed E-state index contributed by atoms with van der Waals surface area (Å²) in [6.45, 7) is 2.93. The highest BCUT2D eigenvalue weighted by molar-refractivity contribution is 5.57. The van der Waals surface area contributed by atoms with Gasteiger partial charge in [0.2, 0.25) is 0 Å². The van der Waals surface area contributed by atoms with Crippen LogP contribution in [-0.4, -0.2) is 12.6 Å². The molecule has 2 aliphatic rings. The smallest absolute Gasteiger partial charge is 0.130 e. The lowest BCUT2D eigenvalue weighted by atomic mass is 9.85. The molecule has 0 radical (unpaired) electrons. The van der Waals surface area contributed by atoms with Crippen LogP contribution in [0.25, 0.3) is 0 Å². The molecule has 3 atom stereocenters. The number of halogens is 1. The van der Waals surface area contributed by atoms with Gasteiger partial charge in [-0.1, -0.05) is 18.9 Å². The Morgan fingerprint density at radius 1 is 1.26 bits per heavy atom. The predicted octanol–water partition coefficient (Wildman–Crippen LogP) is 3.61. The third-order valence-corrected chi connectivity index (χ3v) is 4.80. The van der Waals surface area contributed by atoms with Crippen molar-refractivity contribution in [2.75, 3.05) is 11.4 Å². The van der Waals surface area contributed by atoms with Crippen molar-refractivity contribution in [2.45, 2.75) is 51.1 Å². The van der Waals surface area contributed by atoms with Gasteiger partial charge >= 0.3 is 0 Å². The van der Waals surface area contributed by atoms with Crippen LogP contribution in [0, 0.1) is 11.7 Å². The first kappa shape index (κ1) is 12.9. The summed E-state index contributed by atoms with van der Waals surface area (Å²) in [5.74, 6) is 0.643. The Hall–Kier alpha value is -1.09. The lowest BCUT2D eigenvalue weighted by Gasteiger charge is -2.34. The quantitative estimate of drug-likeness (QED) is 0.882. The highest BCUT2D eigenvalue weighted by Crippen LogP contribution is 2.41. The van der Waals surface area contributed by atoms with Gasteiger partial charge in [-0.25, -0.2) is 4.39 Å². The van der Waals surface area contributed by atoms with E-state index < -0.39 is 0 Å². The number of fused-ring (bicyclic) bond motifs is 1. The van der Waals surface area contributed by atoms with Crippen LogP contribution in [0.4, 0.5) is 10.1 Å². The molecule has 3 rings (SSSR count). The lowest BCUT2D eigenvalue weighted by Crippen LogP contribution is -2.35. The number of hydrogen-bond donors (Lipinski definition) is 1. The van der Waals surface area contributed by atoms with Crippen molar-refractivity contribution in [2.24, 2.45) is 11.7 Å². The topological polar surface area (TPSA) is 29.3 Å². The molecule has 2 N–H and O–H groups in total. The highest BCUT2D eigenvalue weighted by Gasteiger charge is 2.36. The molecule has 2 fully saturated rings. The van der Waals surface area contributed by atoms with Gasteiger partial charge in [0.1, 0.15) is 5.82 Å². The lowest BCUT2D eigenvalue weighted by molar-refractivity contribution is 0.341. The van der Waals surface area contributed by atoms with Crippen LogP contribution >= 0.6 is 0 Å². The monoisotopic (exact) mass is 262 g/mol. The second kappa shape index (κ2) is 5.12. The Balaban J connectivity index is 1.96. The predicted molar refractivity (Wildman–Crippen MR) is 76.7 cm³/mol. The fourth-order valence-corrected chi connectivity index (χ4v) is 3.93. The van der Waals surface area contributed by atoms with E-state index >= 15 is 0 Å². The zero-order valence-corrected chi connectivity index (χ0v) is 11.6. The Morgan fingerprint density at radius 3 is 2.84 bits per heavy atom. The number of nitrogens with two attached hydrogens (primary N) is 1. The number of nitrogens with zero attached hydrogens (tertiary/aromatic N) is 1. The van der Waals surface area contributed by atoms with Crippen molar-refractivity contribution < 1.29 is 4.39 Å². The molecule has 1 aromatic rings. The molecule has 1 saturated carbocycles. The van der Waals surface area contributed by atoms with Gasteiger partial charge in [0.05, 0.1) is 0 Å². The molecular weight excluding hydrogens is 239 g/mol. The van der Waals surface area contributed by atoms with Gasteiger partial charge in [-0.3, -0.25) is 0 Å². The fourth-order valence-electron chi connectivity index (χ4n) is 3.93. The van der Waals surface area contributed by atoms with Crippen LogP contribution in [0.15, 0.2) is 18.2 Å². The summed E-state index contributed by atoms with van der Waals surface area (Å²) in [6.07, 6.45) is 6.50. The van der Waals surface area contributed by atoms with E-state index in [1.54, 1.807) is 0 Å². The van der Waals surface area contributed by atoms with Gasteiger partial charge in [0.15, 0.2) is 0 Å². The SMILES string of the molecule is C[C@@H](N)c1c(F)cccc1N1CCC2CCCCC21. The summed E-state index contributed by atoms with van der Waals surface area (Å²) >= 11 is 0. The molecule has 2 nitrogen and oxygen atoms in total. The van der Waals surface area contributed by atoms with Crippen LogP contribution in [0.5, 0.6) is 0 Å². The largest absolute Gasteiger partial charge is 0.368 e. The summed E-state index contributed by atoms with van der Waals surface area (Å²) in [6, 6.07) is 5.73. The molecule has 0 spiro atoms. The third-order valence-electron chi connectivity index (χ3n) is 4.80. The van der Waals surface area contributed by atoms with Crippen LogP contribution in [0.3, 0.4) is 0 Å². The Labute approximate surface area is 114 Å². The fraction of sp³-hybridized carbons (Fsp3) is 0.625. The zero-order valence-electron chi connectivity index (χ0n) is 11.6. The number of benzene rings is 1. The van der Waals surface area contributed by atoms with Crippen LogP contribution in [0.1, 0.15) is 50.6 Å². The van der Waals surface area contributed by atoms with E-state index in [1.165, 1.54) is 38.2 Å². The minimum atomic E-state index is -0.251. The summed E-state index contributed by atoms with van der Waals surface area (Å²) in [7, 11) is 0. The molecular formula is C16H23FN2. The minimum absolute atomic E-state index is 0.160. The molecule has 0 amide bonds. The number of hydrogen-bond acceptors (Lipinski definition) is 2. The molecule has 0 bridgehead atoms. The van der Waals surface area contributed by atoms with Gasteiger partial charge in [-0.2, -0.15) is 0 Å². The standard InChI is InChI=1S/C16H23FN2/c1-11(18)16-13(17)6-4-8-15(16)19-10-9-12-5-2-3-7-14(12)19/h4,6,8,11-12,14H,2-3,5,7,9-10,18H2,1H3/t11-,12?,14?/m1/s1. The van der Waals surface area contributed by atoms with E-state index in [1.807, 2.05) is 19.1 Å². The van der Waals surface area contributed by atoms with Crippen molar-refractivity contribution in [3.05, 3.63) is 29.6 Å². The van der Waals surface area contributed by atoms with Crippen molar-refractivity contribution >= 4 is 5.69 Å². The summed E-state index contributed by atoms with van der Waals surface area (Å²) in [5.41, 5.74) is 7.70. The van der Waals surface area contributed by atoms with E-state index in [0.717, 1.165) is 18.2 Å². The summed E-state index contributed by atoms with van der Waals surface area (Å²) in [4.78, 5) is 2.42. The molecule has 1 aromatic carbocycles. The van der Waals surface area contributed by atoms with Crippen LogP contribution in [0.2, 0.25) is 0 Å². The molecule has 19 heavy (non-hydrogen) atoms. The minimum Gasteiger partial charge on any atom is -0.368 e. The highest BCUT2D eigenvalue weighted by atomic mass is 19.1. The van der Waals surface area contributed by atoms with Gasteiger partial charge < -0.3 is 10.6 Å². The average molecular weight is 262 g/mol. The second-order valence-corrected chi connectivity index (χ2v) is 6.06. The van der Waals surface area contributed by atoms with Gasteiger partial charge in [-0.15, -0.1) is 0 Å². The van der Waals surface area contributed by atoms with Crippen LogP contribution < -0.4 is 10.6 Å². The number of anilines is 1. The van der Waals surface area contributed by atoms with E-state index in [9.17, 15) is 4.39 Å². The van der Waals surface area contributed by atoms with E-state index in [-0.39, 0.29) is 11.9 Å². The van der Waals surface area contributed by atoms with Crippen LogP contribution in [-0.2, 0) is 0 Å². The van der Waals surface area contributed by atoms with E-state index in [4.69, 9.17) is 5.73 Å². The van der Waals surface area contributed by atoms with E-state index in [2.05, 4.69) is 4.90 Å². The second-order valence-electron chi connectivity index (χ2n) is 6.06. The van der Waals surface area contributed by atoms with E-state index in [0.29, 0.717) is 11.6 Å². The molecule has 3 heteroatoms. The molecule has 1 aliphatic heterocycles. The maximum Gasteiger partial charge on any atom is 0.130 e. The van der Waals surface area contributed by atoms with Crippen molar-refractivity contribution in [1.29, 1.82) is 0 Å². The first-order valence-corrected chi connectivity index (χ1v) is 7.49. The maximum atomic E-state index is 14.1. The Kier molecular flexibility index (Phi) is 3.48. The molecule has 2 unspecified atom stereocenters. The van der Waals surface area contributed by atoms with Gasteiger partial charge in [0.25, 0.3) is 0 Å².